The first kappa shape index (κ1) is 55.2. The number of carbonyl (C=O) groups is 2. The maximum atomic E-state index is 12.8. The maximum absolute atomic E-state index is 12.8. The van der Waals surface area contributed by atoms with Crippen LogP contribution in [0, 0.1) is 0 Å². The molecule has 59 heavy (non-hydrogen) atoms. The lowest BCUT2D eigenvalue weighted by Gasteiger charge is -2.39. The molecule has 1 aliphatic heterocycles. The predicted molar refractivity (Wildman–Crippen MR) is 238 cm³/mol. The van der Waals surface area contributed by atoms with Gasteiger partial charge in [-0.1, -0.05) is 173 Å². The van der Waals surface area contributed by atoms with Crippen LogP contribution >= 0.6 is 0 Å². The molecule has 1 aliphatic rings. The minimum atomic E-state index is -1.59. The van der Waals surface area contributed by atoms with E-state index in [1.807, 2.05) is 0 Å². The van der Waals surface area contributed by atoms with Crippen LogP contribution in [0.1, 0.15) is 219 Å². The van der Waals surface area contributed by atoms with Crippen molar-refractivity contribution in [3.63, 3.8) is 0 Å². The average Bonchev–Trinajstić information content (AvgIpc) is 3.23. The van der Waals surface area contributed by atoms with Crippen molar-refractivity contribution in [1.29, 1.82) is 0 Å². The summed E-state index contributed by atoms with van der Waals surface area (Å²) in [6.07, 6.45) is 37.7. The van der Waals surface area contributed by atoms with Gasteiger partial charge in [0.25, 0.3) is 0 Å². The van der Waals surface area contributed by atoms with Crippen molar-refractivity contribution in [2.24, 2.45) is 0 Å². The van der Waals surface area contributed by atoms with E-state index >= 15 is 0 Å². The second-order valence-electron chi connectivity index (χ2n) is 16.9. The van der Waals surface area contributed by atoms with Crippen molar-refractivity contribution in [1.82, 2.24) is 0 Å². The molecule has 0 aliphatic carbocycles. The molecular formula is C49H90O10. The molecule has 0 spiro atoms. The highest BCUT2D eigenvalue weighted by atomic mass is 16.7. The highest BCUT2D eigenvalue weighted by Gasteiger charge is 2.44. The SMILES string of the molecule is CCCC/C=C\CCCCCCCC(=O)OCC(COC1OC(CO)C(O)C(O)C1O)OC(=O)CCCCCCCCCCCCC/C=C\CCCCCCCCCC. The summed E-state index contributed by atoms with van der Waals surface area (Å²) in [4.78, 5) is 25.3. The highest BCUT2D eigenvalue weighted by Crippen LogP contribution is 2.23. The van der Waals surface area contributed by atoms with E-state index in [4.69, 9.17) is 18.9 Å². The summed E-state index contributed by atoms with van der Waals surface area (Å²) in [5.74, 6) is -0.812. The van der Waals surface area contributed by atoms with Crippen LogP contribution in [0.5, 0.6) is 0 Å². The number of rotatable bonds is 41. The normalized spacial score (nSPS) is 20.1. The summed E-state index contributed by atoms with van der Waals surface area (Å²) in [5.41, 5.74) is 0. The molecule has 1 heterocycles. The second kappa shape index (κ2) is 40.3. The number of aliphatic hydroxyl groups excluding tert-OH is 4. The molecule has 0 aromatic carbocycles. The molecule has 0 aromatic heterocycles. The van der Waals surface area contributed by atoms with E-state index in [0.717, 1.165) is 57.8 Å². The zero-order chi connectivity index (χ0) is 43.0. The van der Waals surface area contributed by atoms with Gasteiger partial charge in [-0.05, 0) is 57.8 Å². The molecule has 10 heteroatoms. The Balaban J connectivity index is 2.23. The highest BCUT2D eigenvalue weighted by molar-refractivity contribution is 5.70. The van der Waals surface area contributed by atoms with Crippen LogP contribution in [0.2, 0.25) is 0 Å². The van der Waals surface area contributed by atoms with Crippen LogP contribution in [-0.4, -0.2) is 89.0 Å². The van der Waals surface area contributed by atoms with Gasteiger partial charge in [-0.25, -0.2) is 0 Å². The summed E-state index contributed by atoms with van der Waals surface area (Å²) in [5, 5.41) is 40.1. The van der Waals surface area contributed by atoms with Gasteiger partial charge in [0.15, 0.2) is 12.4 Å². The van der Waals surface area contributed by atoms with Gasteiger partial charge in [0, 0.05) is 12.8 Å². The lowest BCUT2D eigenvalue weighted by atomic mass is 9.99. The van der Waals surface area contributed by atoms with Crippen LogP contribution in [0.15, 0.2) is 24.3 Å². The van der Waals surface area contributed by atoms with Crippen molar-refractivity contribution in [3.8, 4) is 0 Å². The summed E-state index contributed by atoms with van der Waals surface area (Å²) >= 11 is 0. The first-order valence-electron chi connectivity index (χ1n) is 24.4. The second-order valence-corrected chi connectivity index (χ2v) is 16.9. The first-order valence-corrected chi connectivity index (χ1v) is 24.4. The number of hydrogen-bond acceptors (Lipinski definition) is 10. The molecule has 4 N–H and O–H groups in total. The van der Waals surface area contributed by atoms with Gasteiger partial charge in [-0.3, -0.25) is 9.59 Å². The van der Waals surface area contributed by atoms with E-state index in [9.17, 15) is 30.0 Å². The summed E-state index contributed by atoms with van der Waals surface area (Å²) in [6.45, 7) is 3.39. The number of allylic oxidation sites excluding steroid dienone is 4. The Morgan fingerprint density at radius 1 is 0.508 bits per heavy atom. The minimum Gasteiger partial charge on any atom is -0.462 e. The van der Waals surface area contributed by atoms with Crippen LogP contribution in [0.25, 0.3) is 0 Å². The third-order valence-electron chi connectivity index (χ3n) is 11.3. The Bertz CT molecular complexity index is 1020. The van der Waals surface area contributed by atoms with E-state index < -0.39 is 49.4 Å². The van der Waals surface area contributed by atoms with Gasteiger partial charge in [-0.2, -0.15) is 0 Å². The summed E-state index contributed by atoms with van der Waals surface area (Å²) in [6, 6.07) is 0. The molecule has 10 nitrogen and oxygen atoms in total. The topological polar surface area (TPSA) is 152 Å². The number of unbranched alkanes of at least 4 members (excludes halogenated alkanes) is 26. The monoisotopic (exact) mass is 839 g/mol. The zero-order valence-corrected chi connectivity index (χ0v) is 37.8. The largest absolute Gasteiger partial charge is 0.462 e. The van der Waals surface area contributed by atoms with Crippen molar-refractivity contribution in [2.75, 3.05) is 19.8 Å². The van der Waals surface area contributed by atoms with Gasteiger partial charge in [0.05, 0.1) is 13.2 Å². The summed E-state index contributed by atoms with van der Waals surface area (Å²) < 4.78 is 22.2. The van der Waals surface area contributed by atoms with Crippen LogP contribution in [0.3, 0.4) is 0 Å². The van der Waals surface area contributed by atoms with Crippen LogP contribution < -0.4 is 0 Å². The van der Waals surface area contributed by atoms with Crippen LogP contribution in [0.4, 0.5) is 0 Å². The molecule has 0 bridgehead atoms. The zero-order valence-electron chi connectivity index (χ0n) is 37.8. The lowest BCUT2D eigenvalue weighted by Crippen LogP contribution is -2.59. The molecule has 0 aromatic rings. The average molecular weight is 839 g/mol. The van der Waals surface area contributed by atoms with Crippen molar-refractivity contribution in [2.45, 2.75) is 256 Å². The maximum Gasteiger partial charge on any atom is 0.306 e. The number of ether oxygens (including phenoxy) is 4. The predicted octanol–water partition coefficient (Wildman–Crippen LogP) is 10.9. The van der Waals surface area contributed by atoms with Gasteiger partial charge >= 0.3 is 11.9 Å². The molecule has 346 valence electrons. The number of aliphatic hydroxyl groups is 4. The molecule has 1 saturated heterocycles. The smallest absolute Gasteiger partial charge is 0.306 e. The fraction of sp³-hybridized carbons (Fsp3) is 0.878. The fourth-order valence-electron chi connectivity index (χ4n) is 7.40. The molecule has 1 rings (SSSR count). The lowest BCUT2D eigenvalue weighted by molar-refractivity contribution is -0.305. The Labute approximate surface area is 360 Å². The number of hydrogen-bond donors (Lipinski definition) is 4. The third-order valence-corrected chi connectivity index (χ3v) is 11.3. The Morgan fingerprint density at radius 2 is 0.915 bits per heavy atom. The Kier molecular flexibility index (Phi) is 37.7. The van der Waals surface area contributed by atoms with Crippen molar-refractivity contribution in [3.05, 3.63) is 24.3 Å². The third kappa shape index (κ3) is 31.7. The number of carbonyl (C=O) groups excluding carboxylic acids is 2. The molecule has 0 radical (unpaired) electrons. The molecule has 1 fully saturated rings. The Morgan fingerprint density at radius 3 is 1.37 bits per heavy atom. The standard InChI is InChI=1S/C49H90O10/c1-3-5-7-9-11-13-15-16-17-18-19-20-21-22-23-24-25-26-28-30-32-34-36-38-45(52)58-42(41-57-49-48(55)47(54)46(53)43(39-50)59-49)40-56-44(51)37-35-33-31-29-27-14-12-10-8-6-4-2/h10,12,18-19,42-43,46-50,53-55H,3-9,11,13-17,20-41H2,1-2H3/b12-10-,19-18-. The van der Waals surface area contributed by atoms with Gasteiger partial charge < -0.3 is 39.4 Å². The molecule has 6 atom stereocenters. The van der Waals surface area contributed by atoms with Gasteiger partial charge in [-0.15, -0.1) is 0 Å². The fourth-order valence-corrected chi connectivity index (χ4v) is 7.40. The molecule has 0 saturated carbocycles. The first-order chi connectivity index (χ1) is 28.8. The Hall–Kier alpha value is -1.82. The van der Waals surface area contributed by atoms with E-state index in [2.05, 4.69) is 38.2 Å². The molecule has 0 amide bonds. The van der Waals surface area contributed by atoms with E-state index in [1.54, 1.807) is 0 Å². The summed E-state index contributed by atoms with van der Waals surface area (Å²) in [7, 11) is 0. The number of esters is 2. The molecule has 6 unspecified atom stereocenters. The van der Waals surface area contributed by atoms with Crippen LogP contribution in [-0.2, 0) is 28.5 Å². The van der Waals surface area contributed by atoms with E-state index in [0.29, 0.717) is 12.8 Å². The van der Waals surface area contributed by atoms with Gasteiger partial charge in [0.1, 0.15) is 31.0 Å². The van der Waals surface area contributed by atoms with E-state index in [-0.39, 0.29) is 32.0 Å². The van der Waals surface area contributed by atoms with Crippen molar-refractivity contribution >= 4 is 11.9 Å². The van der Waals surface area contributed by atoms with Crippen molar-refractivity contribution < 1.29 is 49.0 Å². The van der Waals surface area contributed by atoms with E-state index in [1.165, 1.54) is 122 Å². The van der Waals surface area contributed by atoms with Gasteiger partial charge in [0.2, 0.25) is 0 Å². The molecular weight excluding hydrogens is 749 g/mol. The minimum absolute atomic E-state index is 0.219. The quantitative estimate of drug-likeness (QED) is 0.0266.